The number of hydrogen-bond donors (Lipinski definition) is 2. The normalized spacial score (nSPS) is 24.0. The zero-order chi connectivity index (χ0) is 17.5. The van der Waals surface area contributed by atoms with Crippen LogP contribution in [-0.2, 0) is 11.3 Å². The summed E-state index contributed by atoms with van der Waals surface area (Å²) in [6.45, 7) is 7.55. The summed E-state index contributed by atoms with van der Waals surface area (Å²) in [5, 5.41) is 6.72. The van der Waals surface area contributed by atoms with Gasteiger partial charge in [0, 0.05) is 25.6 Å². The Morgan fingerprint density at radius 2 is 2.00 bits per heavy atom. The maximum Gasteiger partial charge on any atom is 0.220 e. The fourth-order valence-electron chi connectivity index (χ4n) is 4.32. The highest BCUT2D eigenvalue weighted by Crippen LogP contribution is 2.24. The van der Waals surface area contributed by atoms with Crippen molar-refractivity contribution in [2.45, 2.75) is 51.6 Å². The SMILES string of the molecule is CC(CC(=O)NC1CCCN(Cc2ccccc2)C1)C1CCNCC1. The number of piperidine rings is 2. The van der Waals surface area contributed by atoms with Gasteiger partial charge in [-0.05, 0) is 62.7 Å². The molecule has 2 atom stereocenters. The average molecular weight is 344 g/mol. The van der Waals surface area contributed by atoms with Gasteiger partial charge < -0.3 is 10.6 Å². The van der Waals surface area contributed by atoms with Crippen LogP contribution in [0.2, 0.25) is 0 Å². The summed E-state index contributed by atoms with van der Waals surface area (Å²) < 4.78 is 0. The van der Waals surface area contributed by atoms with Gasteiger partial charge in [0.25, 0.3) is 0 Å². The molecule has 1 amide bonds. The number of carbonyl (C=O) groups is 1. The van der Waals surface area contributed by atoms with Gasteiger partial charge in [-0.1, -0.05) is 37.3 Å². The van der Waals surface area contributed by atoms with Crippen LogP contribution in [0.25, 0.3) is 0 Å². The van der Waals surface area contributed by atoms with Gasteiger partial charge >= 0.3 is 0 Å². The van der Waals surface area contributed by atoms with E-state index in [9.17, 15) is 4.79 Å². The lowest BCUT2D eigenvalue weighted by atomic mass is 9.84. The lowest BCUT2D eigenvalue weighted by Crippen LogP contribution is -2.47. The highest BCUT2D eigenvalue weighted by atomic mass is 16.1. The van der Waals surface area contributed by atoms with Crippen molar-refractivity contribution >= 4 is 5.91 Å². The van der Waals surface area contributed by atoms with Gasteiger partial charge in [-0.15, -0.1) is 0 Å². The van der Waals surface area contributed by atoms with Crippen molar-refractivity contribution in [2.24, 2.45) is 11.8 Å². The maximum atomic E-state index is 12.5. The molecule has 1 aromatic rings. The van der Waals surface area contributed by atoms with Crippen molar-refractivity contribution in [3.63, 3.8) is 0 Å². The Bertz CT molecular complexity index is 527. The van der Waals surface area contributed by atoms with E-state index in [-0.39, 0.29) is 5.91 Å². The van der Waals surface area contributed by atoms with Crippen molar-refractivity contribution in [3.8, 4) is 0 Å². The average Bonchev–Trinajstić information content (AvgIpc) is 2.63. The molecule has 0 aliphatic carbocycles. The number of amides is 1. The van der Waals surface area contributed by atoms with Gasteiger partial charge in [-0.2, -0.15) is 0 Å². The Hall–Kier alpha value is -1.39. The number of nitrogens with one attached hydrogen (secondary N) is 2. The zero-order valence-corrected chi connectivity index (χ0v) is 15.5. The second-order valence-corrected chi connectivity index (χ2v) is 7.90. The largest absolute Gasteiger partial charge is 0.352 e. The highest BCUT2D eigenvalue weighted by Gasteiger charge is 2.25. The van der Waals surface area contributed by atoms with E-state index in [1.165, 1.54) is 24.8 Å². The Labute approximate surface area is 152 Å². The third-order valence-electron chi connectivity index (χ3n) is 5.82. The van der Waals surface area contributed by atoms with E-state index in [4.69, 9.17) is 0 Å². The monoisotopic (exact) mass is 343 g/mol. The molecule has 2 unspecified atom stereocenters. The first-order valence-corrected chi connectivity index (χ1v) is 9.97. The third kappa shape index (κ3) is 5.82. The van der Waals surface area contributed by atoms with E-state index in [2.05, 4.69) is 52.8 Å². The second-order valence-electron chi connectivity index (χ2n) is 7.90. The van der Waals surface area contributed by atoms with Crippen LogP contribution in [-0.4, -0.2) is 43.0 Å². The number of likely N-dealkylation sites (tertiary alicyclic amines) is 1. The van der Waals surface area contributed by atoms with Crippen molar-refractivity contribution in [1.82, 2.24) is 15.5 Å². The minimum atomic E-state index is 0.248. The Morgan fingerprint density at radius 3 is 2.76 bits per heavy atom. The number of rotatable bonds is 6. The molecule has 2 heterocycles. The summed E-state index contributed by atoms with van der Waals surface area (Å²) >= 11 is 0. The molecular weight excluding hydrogens is 310 g/mol. The van der Waals surface area contributed by atoms with Crippen molar-refractivity contribution in [3.05, 3.63) is 35.9 Å². The van der Waals surface area contributed by atoms with Crippen LogP contribution in [0.5, 0.6) is 0 Å². The topological polar surface area (TPSA) is 44.4 Å². The summed E-state index contributed by atoms with van der Waals surface area (Å²) in [5.74, 6) is 1.44. The quantitative estimate of drug-likeness (QED) is 0.835. The smallest absolute Gasteiger partial charge is 0.220 e. The molecule has 138 valence electrons. The molecule has 25 heavy (non-hydrogen) atoms. The van der Waals surface area contributed by atoms with Crippen LogP contribution in [0.3, 0.4) is 0 Å². The Kier molecular flexibility index (Phi) is 6.88. The zero-order valence-electron chi connectivity index (χ0n) is 15.5. The lowest BCUT2D eigenvalue weighted by molar-refractivity contribution is -0.123. The molecule has 2 N–H and O–H groups in total. The van der Waals surface area contributed by atoms with Gasteiger partial charge in [0.05, 0.1) is 0 Å². The summed E-state index contributed by atoms with van der Waals surface area (Å²) in [5.41, 5.74) is 1.36. The van der Waals surface area contributed by atoms with E-state index in [1.54, 1.807) is 0 Å². The molecule has 2 aliphatic rings. The fourth-order valence-corrected chi connectivity index (χ4v) is 4.32. The number of nitrogens with zero attached hydrogens (tertiary/aromatic N) is 1. The molecule has 0 saturated carbocycles. The molecule has 4 nitrogen and oxygen atoms in total. The van der Waals surface area contributed by atoms with Crippen molar-refractivity contribution in [2.75, 3.05) is 26.2 Å². The Morgan fingerprint density at radius 1 is 1.24 bits per heavy atom. The summed E-state index contributed by atoms with van der Waals surface area (Å²) in [6.07, 6.45) is 5.38. The van der Waals surface area contributed by atoms with Crippen molar-refractivity contribution in [1.29, 1.82) is 0 Å². The van der Waals surface area contributed by atoms with Gasteiger partial charge in [-0.3, -0.25) is 9.69 Å². The first kappa shape index (κ1) is 18.4. The molecule has 2 saturated heterocycles. The predicted octanol–water partition coefficient (Wildman–Crippen LogP) is 2.79. The first-order chi connectivity index (χ1) is 12.2. The van der Waals surface area contributed by atoms with Crippen LogP contribution in [0.1, 0.15) is 44.6 Å². The molecule has 2 aliphatic heterocycles. The lowest BCUT2D eigenvalue weighted by Gasteiger charge is -2.34. The van der Waals surface area contributed by atoms with Gasteiger partial charge in [-0.25, -0.2) is 0 Å². The minimum Gasteiger partial charge on any atom is -0.352 e. The molecule has 1 aromatic carbocycles. The molecule has 3 rings (SSSR count). The van der Waals surface area contributed by atoms with Crippen LogP contribution >= 0.6 is 0 Å². The van der Waals surface area contributed by atoms with E-state index in [0.29, 0.717) is 24.3 Å². The third-order valence-corrected chi connectivity index (χ3v) is 5.82. The summed E-state index contributed by atoms with van der Waals surface area (Å²) in [7, 11) is 0. The van der Waals surface area contributed by atoms with Crippen molar-refractivity contribution < 1.29 is 4.79 Å². The molecule has 0 spiro atoms. The maximum absolute atomic E-state index is 12.5. The molecule has 4 heteroatoms. The van der Waals surface area contributed by atoms with Crippen LogP contribution in [0.15, 0.2) is 30.3 Å². The fraction of sp³-hybridized carbons (Fsp3) is 0.667. The first-order valence-electron chi connectivity index (χ1n) is 9.97. The number of hydrogen-bond acceptors (Lipinski definition) is 3. The van der Waals surface area contributed by atoms with Gasteiger partial charge in [0.1, 0.15) is 0 Å². The predicted molar refractivity (Wildman–Crippen MR) is 102 cm³/mol. The van der Waals surface area contributed by atoms with E-state index in [0.717, 1.165) is 39.1 Å². The molecular formula is C21H33N3O. The number of benzene rings is 1. The second kappa shape index (κ2) is 9.35. The summed E-state index contributed by atoms with van der Waals surface area (Å²) in [4.78, 5) is 15.0. The van der Waals surface area contributed by atoms with Crippen LogP contribution in [0.4, 0.5) is 0 Å². The van der Waals surface area contributed by atoms with Crippen LogP contribution < -0.4 is 10.6 Å². The minimum absolute atomic E-state index is 0.248. The number of carbonyl (C=O) groups excluding carboxylic acids is 1. The molecule has 2 fully saturated rings. The Balaban J connectivity index is 1.43. The highest BCUT2D eigenvalue weighted by molar-refractivity contribution is 5.76. The van der Waals surface area contributed by atoms with Gasteiger partial charge in [0.2, 0.25) is 5.91 Å². The van der Waals surface area contributed by atoms with E-state index < -0.39 is 0 Å². The van der Waals surface area contributed by atoms with Gasteiger partial charge in [0.15, 0.2) is 0 Å². The molecule has 0 bridgehead atoms. The molecule has 0 aromatic heterocycles. The summed E-state index contributed by atoms with van der Waals surface area (Å²) in [6, 6.07) is 10.9. The standard InChI is InChI=1S/C21H33N3O/c1-17(19-9-11-22-12-10-19)14-21(25)23-20-8-5-13-24(16-20)15-18-6-3-2-4-7-18/h2-4,6-7,17,19-20,22H,5,8-16H2,1H3,(H,23,25). The van der Waals surface area contributed by atoms with Crippen LogP contribution in [0, 0.1) is 11.8 Å². The van der Waals surface area contributed by atoms with E-state index >= 15 is 0 Å². The molecule has 0 radical (unpaired) electrons. The van der Waals surface area contributed by atoms with E-state index in [1.807, 2.05) is 0 Å².